The van der Waals surface area contributed by atoms with Crippen LogP contribution in [0.5, 0.6) is 0 Å². The molecule has 0 spiro atoms. The number of ketones is 1. The summed E-state index contributed by atoms with van der Waals surface area (Å²) in [5, 5.41) is 7.23. The highest BCUT2D eigenvalue weighted by molar-refractivity contribution is 6.23. The molecular weight excluding hydrogens is 488 g/mol. The lowest BCUT2D eigenvalue weighted by Crippen LogP contribution is -2.24. The van der Waals surface area contributed by atoms with Crippen LogP contribution in [0, 0.1) is 5.92 Å². The standard InChI is InChI=1S/C38H50O2/c1-3-5-6-7-8-9-10-11-12-13-14-15-16-21-36(40)33(18-4-2)35(28-39)32-26-24-31-23-22-29-19-17-20-30-25-27-34(32)38(31)37(29)30/h17,19-20,22-28,33,35H,3-16,18,21H2,1-2H3. The van der Waals surface area contributed by atoms with Crippen molar-refractivity contribution in [2.24, 2.45) is 5.92 Å². The van der Waals surface area contributed by atoms with Crippen LogP contribution in [-0.2, 0) is 9.59 Å². The fraction of sp³-hybridized carbons (Fsp3) is 0.526. The van der Waals surface area contributed by atoms with Crippen molar-refractivity contribution in [2.75, 3.05) is 0 Å². The van der Waals surface area contributed by atoms with E-state index >= 15 is 0 Å². The van der Waals surface area contributed by atoms with E-state index in [2.05, 4.69) is 68.4 Å². The van der Waals surface area contributed by atoms with E-state index in [1.54, 1.807) is 0 Å². The van der Waals surface area contributed by atoms with Gasteiger partial charge in [-0.25, -0.2) is 0 Å². The van der Waals surface area contributed by atoms with Crippen LogP contribution in [0.2, 0.25) is 0 Å². The van der Waals surface area contributed by atoms with Crippen LogP contribution in [0.15, 0.2) is 54.6 Å². The SMILES string of the molecule is CCCCCCCCCCCCCCCC(=O)C(CCC)C(C=O)c1ccc2ccc3cccc4ccc1c2c34. The van der Waals surface area contributed by atoms with Gasteiger partial charge < -0.3 is 4.79 Å². The normalized spacial score (nSPS) is 13.3. The number of aldehydes is 1. The van der Waals surface area contributed by atoms with E-state index in [0.717, 1.165) is 42.9 Å². The van der Waals surface area contributed by atoms with Crippen molar-refractivity contribution >= 4 is 44.4 Å². The molecule has 0 aromatic heterocycles. The average Bonchev–Trinajstić information content (AvgIpc) is 2.98. The Morgan fingerprint density at radius 2 is 1.15 bits per heavy atom. The van der Waals surface area contributed by atoms with Crippen molar-refractivity contribution in [3.05, 3.63) is 60.2 Å². The quantitative estimate of drug-likeness (QED) is 0.0637. The van der Waals surface area contributed by atoms with Gasteiger partial charge in [-0.3, -0.25) is 4.79 Å². The number of hydrogen-bond donors (Lipinski definition) is 0. The maximum atomic E-state index is 13.5. The summed E-state index contributed by atoms with van der Waals surface area (Å²) in [6.07, 6.45) is 20.2. The molecule has 0 amide bonds. The molecule has 0 aliphatic rings. The van der Waals surface area contributed by atoms with E-state index in [-0.39, 0.29) is 17.6 Å². The van der Waals surface area contributed by atoms with Gasteiger partial charge in [0.25, 0.3) is 0 Å². The summed E-state index contributed by atoms with van der Waals surface area (Å²) in [5.41, 5.74) is 1.01. The van der Waals surface area contributed by atoms with Crippen LogP contribution >= 0.6 is 0 Å². The molecule has 4 aromatic carbocycles. The van der Waals surface area contributed by atoms with Gasteiger partial charge in [-0.2, -0.15) is 0 Å². The van der Waals surface area contributed by atoms with Crippen LogP contribution in [0.25, 0.3) is 32.3 Å². The van der Waals surface area contributed by atoms with Crippen LogP contribution in [0.1, 0.15) is 128 Å². The van der Waals surface area contributed by atoms with Crippen LogP contribution in [-0.4, -0.2) is 12.1 Å². The Morgan fingerprint density at radius 3 is 1.73 bits per heavy atom. The minimum Gasteiger partial charge on any atom is -0.303 e. The summed E-state index contributed by atoms with van der Waals surface area (Å²) in [7, 11) is 0. The van der Waals surface area contributed by atoms with Crippen molar-refractivity contribution in [2.45, 2.75) is 122 Å². The second-order valence-electron chi connectivity index (χ2n) is 12.0. The Bertz CT molecular complexity index is 1320. The van der Waals surface area contributed by atoms with Gasteiger partial charge in [-0.15, -0.1) is 0 Å². The summed E-state index contributed by atoms with van der Waals surface area (Å²) in [5.74, 6) is -0.356. The summed E-state index contributed by atoms with van der Waals surface area (Å²) in [6, 6.07) is 19.3. The van der Waals surface area contributed by atoms with Crippen molar-refractivity contribution < 1.29 is 9.59 Å². The molecule has 0 bridgehead atoms. The van der Waals surface area contributed by atoms with Gasteiger partial charge in [0.2, 0.25) is 0 Å². The average molecular weight is 539 g/mol. The predicted molar refractivity (Wildman–Crippen MR) is 173 cm³/mol. The number of hydrogen-bond acceptors (Lipinski definition) is 2. The highest BCUT2D eigenvalue weighted by Gasteiger charge is 2.29. The van der Waals surface area contributed by atoms with Crippen molar-refractivity contribution in [1.29, 1.82) is 0 Å². The monoisotopic (exact) mass is 538 g/mol. The molecule has 0 aliphatic carbocycles. The number of rotatable bonds is 20. The van der Waals surface area contributed by atoms with Gasteiger partial charge in [0, 0.05) is 18.3 Å². The van der Waals surface area contributed by atoms with Gasteiger partial charge in [-0.05, 0) is 50.7 Å². The molecule has 2 atom stereocenters. The zero-order chi connectivity index (χ0) is 28.2. The number of benzene rings is 4. The van der Waals surface area contributed by atoms with Gasteiger partial charge in [0.15, 0.2) is 0 Å². The minimum absolute atomic E-state index is 0.238. The number of carbonyl (C=O) groups is 2. The molecule has 0 fully saturated rings. The number of Topliss-reactive ketones (excluding diaryl/α,β-unsaturated/α-hetero) is 1. The Hall–Kier alpha value is -2.74. The van der Waals surface area contributed by atoms with E-state index < -0.39 is 0 Å². The Balaban J connectivity index is 1.32. The smallest absolute Gasteiger partial charge is 0.137 e. The predicted octanol–water partition coefficient (Wildman–Crippen LogP) is 11.3. The molecule has 0 aliphatic heterocycles. The lowest BCUT2D eigenvalue weighted by Gasteiger charge is -2.24. The van der Waals surface area contributed by atoms with E-state index in [9.17, 15) is 9.59 Å². The van der Waals surface area contributed by atoms with Gasteiger partial charge in [-0.1, -0.05) is 152 Å². The number of unbranched alkanes of at least 4 members (excludes halogenated alkanes) is 12. The van der Waals surface area contributed by atoms with E-state index in [0.29, 0.717) is 6.42 Å². The molecule has 2 heteroatoms. The highest BCUT2D eigenvalue weighted by atomic mass is 16.1. The fourth-order valence-electron chi connectivity index (χ4n) is 6.79. The molecule has 2 nitrogen and oxygen atoms in total. The first-order valence-electron chi connectivity index (χ1n) is 16.3. The Morgan fingerprint density at radius 1 is 0.625 bits per heavy atom. The topological polar surface area (TPSA) is 34.1 Å². The molecule has 214 valence electrons. The molecule has 0 saturated carbocycles. The first-order chi connectivity index (χ1) is 19.7. The zero-order valence-corrected chi connectivity index (χ0v) is 25.1. The molecule has 0 saturated heterocycles. The van der Waals surface area contributed by atoms with E-state index in [1.807, 2.05) is 0 Å². The Labute approximate surface area is 242 Å². The molecule has 40 heavy (non-hydrogen) atoms. The third-order valence-corrected chi connectivity index (χ3v) is 9.04. The first kappa shape index (κ1) is 30.2. The molecule has 2 unspecified atom stereocenters. The molecule has 4 rings (SSSR count). The largest absolute Gasteiger partial charge is 0.303 e. The van der Waals surface area contributed by atoms with Crippen molar-refractivity contribution in [3.63, 3.8) is 0 Å². The first-order valence-corrected chi connectivity index (χ1v) is 16.3. The minimum atomic E-state index is -0.390. The third-order valence-electron chi connectivity index (χ3n) is 9.04. The molecule has 0 N–H and O–H groups in total. The maximum absolute atomic E-state index is 13.5. The van der Waals surface area contributed by atoms with Gasteiger partial charge in [0.05, 0.1) is 0 Å². The van der Waals surface area contributed by atoms with Crippen LogP contribution < -0.4 is 0 Å². The van der Waals surface area contributed by atoms with Gasteiger partial charge in [0.1, 0.15) is 12.1 Å². The molecular formula is C38H50O2. The molecule has 0 heterocycles. The second-order valence-corrected chi connectivity index (χ2v) is 12.0. The fourth-order valence-corrected chi connectivity index (χ4v) is 6.79. The number of carbonyl (C=O) groups excluding carboxylic acids is 2. The summed E-state index contributed by atoms with van der Waals surface area (Å²) in [6.45, 7) is 4.40. The lowest BCUT2D eigenvalue weighted by molar-refractivity contribution is -0.126. The van der Waals surface area contributed by atoms with Crippen molar-refractivity contribution in [1.82, 2.24) is 0 Å². The highest BCUT2D eigenvalue weighted by Crippen LogP contribution is 2.40. The van der Waals surface area contributed by atoms with Crippen molar-refractivity contribution in [3.8, 4) is 0 Å². The molecule has 0 radical (unpaired) electrons. The summed E-state index contributed by atoms with van der Waals surface area (Å²) >= 11 is 0. The maximum Gasteiger partial charge on any atom is 0.137 e. The van der Waals surface area contributed by atoms with Gasteiger partial charge >= 0.3 is 0 Å². The van der Waals surface area contributed by atoms with E-state index in [1.165, 1.54) is 97.6 Å². The third kappa shape index (κ3) is 7.50. The summed E-state index contributed by atoms with van der Waals surface area (Å²) in [4.78, 5) is 26.1. The Kier molecular flexibility index (Phi) is 12.0. The van der Waals surface area contributed by atoms with Crippen LogP contribution in [0.3, 0.4) is 0 Å². The van der Waals surface area contributed by atoms with Crippen LogP contribution in [0.4, 0.5) is 0 Å². The zero-order valence-electron chi connectivity index (χ0n) is 25.1. The summed E-state index contributed by atoms with van der Waals surface area (Å²) < 4.78 is 0. The lowest BCUT2D eigenvalue weighted by atomic mass is 9.77. The second kappa shape index (κ2) is 15.9. The van der Waals surface area contributed by atoms with E-state index in [4.69, 9.17) is 0 Å². The molecule has 4 aromatic rings.